The maximum atomic E-state index is 13.1. The maximum Gasteiger partial charge on any atom is 0.176 e. The third-order valence-electron chi connectivity index (χ3n) is 3.17. The normalized spacial score (nSPS) is 10.9. The van der Waals surface area contributed by atoms with Crippen LogP contribution in [-0.2, 0) is 6.54 Å². The lowest BCUT2D eigenvalue weighted by Gasteiger charge is -2.16. The molecule has 0 unspecified atom stereocenters. The van der Waals surface area contributed by atoms with Gasteiger partial charge in [0.25, 0.3) is 0 Å². The van der Waals surface area contributed by atoms with Crippen LogP contribution in [0, 0.1) is 5.82 Å². The molecule has 0 heterocycles. The first-order chi connectivity index (χ1) is 10.1. The highest BCUT2D eigenvalue weighted by Crippen LogP contribution is 2.15. The standard InChI is InChI=1S/C17H18FNOS/c1-19(11-13-4-3-5-15(18)10-13)12-17(20)14-6-8-16(21-2)9-7-14/h3-10H,11-12H2,1-2H3. The van der Waals surface area contributed by atoms with Crippen LogP contribution in [0.4, 0.5) is 4.39 Å². The van der Waals surface area contributed by atoms with Crippen molar-refractivity contribution in [2.75, 3.05) is 19.8 Å². The number of nitrogens with zero attached hydrogens (tertiary/aromatic N) is 1. The van der Waals surface area contributed by atoms with Crippen LogP contribution in [0.3, 0.4) is 0 Å². The van der Waals surface area contributed by atoms with Crippen LogP contribution in [0.25, 0.3) is 0 Å². The molecule has 2 rings (SSSR count). The van der Waals surface area contributed by atoms with E-state index < -0.39 is 0 Å². The van der Waals surface area contributed by atoms with Crippen molar-refractivity contribution in [2.24, 2.45) is 0 Å². The fourth-order valence-electron chi connectivity index (χ4n) is 2.12. The Morgan fingerprint density at radius 3 is 2.52 bits per heavy atom. The first-order valence-corrected chi connectivity index (χ1v) is 7.91. The van der Waals surface area contributed by atoms with E-state index in [1.807, 2.05) is 48.5 Å². The fourth-order valence-corrected chi connectivity index (χ4v) is 2.52. The zero-order chi connectivity index (χ0) is 15.2. The molecule has 0 aliphatic rings. The lowest BCUT2D eigenvalue weighted by Crippen LogP contribution is -2.25. The number of ketones is 1. The third-order valence-corrected chi connectivity index (χ3v) is 3.91. The van der Waals surface area contributed by atoms with Gasteiger partial charge in [-0.2, -0.15) is 0 Å². The predicted octanol–water partition coefficient (Wildman–Crippen LogP) is 3.86. The van der Waals surface area contributed by atoms with Gasteiger partial charge in [0.1, 0.15) is 5.82 Å². The molecule has 0 fully saturated rings. The molecule has 0 amide bonds. The van der Waals surface area contributed by atoms with E-state index in [4.69, 9.17) is 0 Å². The zero-order valence-electron chi connectivity index (χ0n) is 12.2. The minimum Gasteiger partial charge on any atom is -0.295 e. The third kappa shape index (κ3) is 4.69. The van der Waals surface area contributed by atoms with E-state index in [1.54, 1.807) is 17.8 Å². The number of halogens is 1. The van der Waals surface area contributed by atoms with Gasteiger partial charge in [-0.05, 0) is 43.1 Å². The molecule has 0 radical (unpaired) electrons. The second-order valence-electron chi connectivity index (χ2n) is 4.95. The van der Waals surface area contributed by atoms with Gasteiger partial charge in [-0.25, -0.2) is 4.39 Å². The first kappa shape index (κ1) is 15.7. The molecule has 110 valence electrons. The minimum absolute atomic E-state index is 0.0709. The van der Waals surface area contributed by atoms with Crippen molar-refractivity contribution >= 4 is 17.5 Å². The Labute approximate surface area is 129 Å². The SMILES string of the molecule is CSc1ccc(C(=O)CN(C)Cc2cccc(F)c2)cc1. The number of benzene rings is 2. The molecule has 0 N–H and O–H groups in total. The van der Waals surface area contributed by atoms with Crippen molar-refractivity contribution in [2.45, 2.75) is 11.4 Å². The van der Waals surface area contributed by atoms with E-state index in [1.165, 1.54) is 12.1 Å². The number of likely N-dealkylation sites (N-methyl/N-ethyl adjacent to an activating group) is 1. The molecule has 0 aliphatic heterocycles. The summed E-state index contributed by atoms with van der Waals surface area (Å²) in [5.41, 5.74) is 1.57. The van der Waals surface area contributed by atoms with E-state index >= 15 is 0 Å². The Morgan fingerprint density at radius 1 is 1.19 bits per heavy atom. The van der Waals surface area contributed by atoms with Gasteiger partial charge in [0.2, 0.25) is 0 Å². The van der Waals surface area contributed by atoms with Crippen molar-refractivity contribution < 1.29 is 9.18 Å². The predicted molar refractivity (Wildman–Crippen MR) is 85.3 cm³/mol. The smallest absolute Gasteiger partial charge is 0.176 e. The molecule has 4 heteroatoms. The van der Waals surface area contributed by atoms with Crippen LogP contribution < -0.4 is 0 Å². The van der Waals surface area contributed by atoms with Crippen LogP contribution in [0.1, 0.15) is 15.9 Å². The average Bonchev–Trinajstić information content (AvgIpc) is 2.47. The molecular weight excluding hydrogens is 285 g/mol. The van der Waals surface area contributed by atoms with Crippen LogP contribution >= 0.6 is 11.8 Å². The van der Waals surface area contributed by atoms with Gasteiger partial charge in [0.15, 0.2) is 5.78 Å². The van der Waals surface area contributed by atoms with E-state index in [2.05, 4.69) is 0 Å². The molecule has 0 bridgehead atoms. The van der Waals surface area contributed by atoms with E-state index in [9.17, 15) is 9.18 Å². The number of carbonyl (C=O) groups excluding carboxylic acids is 1. The lowest BCUT2D eigenvalue weighted by molar-refractivity contribution is 0.0943. The van der Waals surface area contributed by atoms with E-state index in [0.29, 0.717) is 18.7 Å². The summed E-state index contributed by atoms with van der Waals surface area (Å²) in [4.78, 5) is 15.2. The molecule has 2 aromatic carbocycles. The second kappa shape index (κ2) is 7.38. The number of Topliss-reactive ketones (excluding diaryl/α,β-unsaturated/α-hetero) is 1. The van der Waals surface area contributed by atoms with Crippen LogP contribution in [0.2, 0.25) is 0 Å². The molecule has 0 saturated heterocycles. The van der Waals surface area contributed by atoms with Gasteiger partial charge < -0.3 is 0 Å². The van der Waals surface area contributed by atoms with E-state index in [-0.39, 0.29) is 11.6 Å². The van der Waals surface area contributed by atoms with Crippen molar-refractivity contribution in [1.29, 1.82) is 0 Å². The summed E-state index contributed by atoms with van der Waals surface area (Å²) in [7, 11) is 1.86. The lowest BCUT2D eigenvalue weighted by atomic mass is 10.1. The fraction of sp³-hybridized carbons (Fsp3) is 0.235. The van der Waals surface area contributed by atoms with Gasteiger partial charge in [-0.1, -0.05) is 24.3 Å². The Balaban J connectivity index is 1.95. The molecule has 0 atom stereocenters. The number of hydrogen-bond donors (Lipinski definition) is 0. The maximum absolute atomic E-state index is 13.1. The highest BCUT2D eigenvalue weighted by atomic mass is 32.2. The Morgan fingerprint density at radius 2 is 1.90 bits per heavy atom. The summed E-state index contributed by atoms with van der Waals surface area (Å²) in [6.45, 7) is 0.863. The summed E-state index contributed by atoms with van der Waals surface area (Å²) < 4.78 is 13.1. The van der Waals surface area contributed by atoms with Gasteiger partial charge in [-0.3, -0.25) is 9.69 Å². The number of hydrogen-bond acceptors (Lipinski definition) is 3. The van der Waals surface area contributed by atoms with Gasteiger partial charge in [-0.15, -0.1) is 11.8 Å². The Bertz CT molecular complexity index is 612. The highest BCUT2D eigenvalue weighted by molar-refractivity contribution is 7.98. The molecule has 0 aliphatic carbocycles. The number of carbonyl (C=O) groups is 1. The first-order valence-electron chi connectivity index (χ1n) is 6.68. The average molecular weight is 303 g/mol. The molecule has 21 heavy (non-hydrogen) atoms. The molecular formula is C17H18FNOS. The number of thioether (sulfide) groups is 1. The summed E-state index contributed by atoms with van der Waals surface area (Å²) in [6, 6.07) is 14.1. The van der Waals surface area contributed by atoms with Crippen molar-refractivity contribution in [3.8, 4) is 0 Å². The summed E-state index contributed by atoms with van der Waals surface area (Å²) >= 11 is 1.65. The molecule has 0 spiro atoms. The molecule has 0 saturated carbocycles. The van der Waals surface area contributed by atoms with Crippen LogP contribution in [0.5, 0.6) is 0 Å². The summed E-state index contributed by atoms with van der Waals surface area (Å²) in [6.07, 6.45) is 2.00. The zero-order valence-corrected chi connectivity index (χ0v) is 13.0. The monoisotopic (exact) mass is 303 g/mol. The summed E-state index contributed by atoms with van der Waals surface area (Å²) in [5, 5.41) is 0. The van der Waals surface area contributed by atoms with Crippen molar-refractivity contribution in [3.63, 3.8) is 0 Å². The minimum atomic E-state index is -0.250. The molecule has 2 nitrogen and oxygen atoms in total. The highest BCUT2D eigenvalue weighted by Gasteiger charge is 2.10. The van der Waals surface area contributed by atoms with Gasteiger partial charge in [0.05, 0.1) is 6.54 Å². The van der Waals surface area contributed by atoms with Gasteiger partial charge >= 0.3 is 0 Å². The van der Waals surface area contributed by atoms with Crippen molar-refractivity contribution in [3.05, 3.63) is 65.5 Å². The van der Waals surface area contributed by atoms with Crippen LogP contribution in [0.15, 0.2) is 53.4 Å². The largest absolute Gasteiger partial charge is 0.295 e. The Kier molecular flexibility index (Phi) is 5.53. The topological polar surface area (TPSA) is 20.3 Å². The Hall–Kier alpha value is -1.65. The van der Waals surface area contributed by atoms with Gasteiger partial charge in [0, 0.05) is 17.0 Å². The van der Waals surface area contributed by atoms with Crippen molar-refractivity contribution in [1.82, 2.24) is 4.90 Å². The number of rotatable bonds is 6. The van der Waals surface area contributed by atoms with E-state index in [0.717, 1.165) is 10.5 Å². The summed E-state index contributed by atoms with van der Waals surface area (Å²) in [5.74, 6) is -0.179. The quantitative estimate of drug-likeness (QED) is 0.597. The molecule has 0 aromatic heterocycles. The second-order valence-corrected chi connectivity index (χ2v) is 5.83. The van der Waals surface area contributed by atoms with Crippen LogP contribution in [-0.4, -0.2) is 30.5 Å². The molecule has 2 aromatic rings.